The molecule has 0 spiro atoms. The summed E-state index contributed by atoms with van der Waals surface area (Å²) in [5, 5.41) is 19.1. The molecule has 0 amide bonds. The topological polar surface area (TPSA) is 113 Å². The number of ether oxygens (including phenoxy) is 2. The molecule has 0 saturated heterocycles. The fraction of sp³-hybridized carbons (Fsp3) is 0.179. The van der Waals surface area contributed by atoms with Gasteiger partial charge in [0.2, 0.25) is 6.35 Å². The number of thiophene rings is 1. The first-order valence-corrected chi connectivity index (χ1v) is 13.0. The number of benzene rings is 1. The number of nitrogens with zero attached hydrogens (tertiary/aromatic N) is 3. The molecule has 0 bridgehead atoms. The molecule has 4 aromatic heterocycles. The van der Waals surface area contributed by atoms with E-state index in [0.29, 0.717) is 30.3 Å². The molecule has 11 heteroatoms. The number of methoxy groups -OCH3 is 1. The largest absolute Gasteiger partial charge is 0.453 e. The highest BCUT2D eigenvalue weighted by molar-refractivity contribution is 7.22. The summed E-state index contributed by atoms with van der Waals surface area (Å²) in [5.74, 6) is -0.0269. The van der Waals surface area contributed by atoms with Gasteiger partial charge in [0, 0.05) is 56.6 Å². The van der Waals surface area contributed by atoms with E-state index in [-0.39, 0.29) is 5.75 Å². The highest BCUT2D eigenvalue weighted by Crippen LogP contribution is 2.39. The SMILES string of the molecule is COCCNCc1ccc(-c2cc3nccc(Oc4ccc(NC(O)Nc5cccnc5)cc4F)c3s2)nc1. The summed E-state index contributed by atoms with van der Waals surface area (Å²) in [6.07, 6.45) is 5.54. The van der Waals surface area contributed by atoms with Crippen LogP contribution in [-0.4, -0.2) is 46.7 Å². The summed E-state index contributed by atoms with van der Waals surface area (Å²) in [6.45, 7) is 2.14. The Labute approximate surface area is 228 Å². The summed E-state index contributed by atoms with van der Waals surface area (Å²) >= 11 is 1.48. The summed E-state index contributed by atoms with van der Waals surface area (Å²) in [7, 11) is 1.68. The lowest BCUT2D eigenvalue weighted by Crippen LogP contribution is -2.28. The van der Waals surface area contributed by atoms with Crippen LogP contribution in [0.25, 0.3) is 20.8 Å². The van der Waals surface area contributed by atoms with Gasteiger partial charge in [-0.25, -0.2) is 4.39 Å². The number of halogens is 1. The lowest BCUT2D eigenvalue weighted by molar-refractivity contribution is 0.199. The van der Waals surface area contributed by atoms with E-state index in [1.807, 2.05) is 24.4 Å². The molecule has 1 unspecified atom stereocenters. The van der Waals surface area contributed by atoms with E-state index >= 15 is 0 Å². The average molecular weight is 547 g/mol. The van der Waals surface area contributed by atoms with Crippen molar-refractivity contribution in [1.29, 1.82) is 0 Å². The number of aliphatic hydroxyl groups excluding tert-OH is 1. The third-order valence-corrected chi connectivity index (χ3v) is 6.85. The van der Waals surface area contributed by atoms with Gasteiger partial charge in [-0.15, -0.1) is 11.3 Å². The smallest absolute Gasteiger partial charge is 0.202 e. The molecule has 5 aromatic rings. The molecule has 200 valence electrons. The Morgan fingerprint density at radius 1 is 0.974 bits per heavy atom. The summed E-state index contributed by atoms with van der Waals surface area (Å²) in [4.78, 5) is 14.0. The number of fused-ring (bicyclic) bond motifs is 1. The van der Waals surface area contributed by atoms with Gasteiger partial charge >= 0.3 is 0 Å². The van der Waals surface area contributed by atoms with Crippen LogP contribution in [0.1, 0.15) is 5.56 Å². The lowest BCUT2D eigenvalue weighted by atomic mass is 10.2. The van der Waals surface area contributed by atoms with Gasteiger partial charge in [-0.05, 0) is 42.0 Å². The summed E-state index contributed by atoms with van der Waals surface area (Å²) < 4.78 is 26.7. The molecular formula is C28H27FN6O3S. The van der Waals surface area contributed by atoms with Gasteiger partial charge in [-0.2, -0.15) is 0 Å². The number of nitrogens with one attached hydrogen (secondary N) is 3. The van der Waals surface area contributed by atoms with Crippen LogP contribution in [0.3, 0.4) is 0 Å². The number of pyridine rings is 3. The maximum Gasteiger partial charge on any atom is 0.202 e. The van der Waals surface area contributed by atoms with E-state index in [0.717, 1.165) is 32.9 Å². The van der Waals surface area contributed by atoms with Crippen molar-refractivity contribution in [3.05, 3.63) is 90.8 Å². The van der Waals surface area contributed by atoms with Crippen LogP contribution in [-0.2, 0) is 11.3 Å². The minimum Gasteiger partial charge on any atom is -0.453 e. The Bertz CT molecular complexity index is 1520. The van der Waals surface area contributed by atoms with Crippen LogP contribution in [0, 0.1) is 5.82 Å². The first-order chi connectivity index (χ1) is 19.1. The Kier molecular flexibility index (Phi) is 8.54. The van der Waals surface area contributed by atoms with Gasteiger partial charge < -0.3 is 30.5 Å². The van der Waals surface area contributed by atoms with Crippen molar-refractivity contribution < 1.29 is 19.0 Å². The molecule has 4 N–H and O–H groups in total. The van der Waals surface area contributed by atoms with Crippen LogP contribution in [0.2, 0.25) is 0 Å². The zero-order chi connectivity index (χ0) is 27.0. The first-order valence-electron chi connectivity index (χ1n) is 12.2. The van der Waals surface area contributed by atoms with Crippen molar-refractivity contribution in [2.75, 3.05) is 30.9 Å². The molecule has 9 nitrogen and oxygen atoms in total. The predicted molar refractivity (Wildman–Crippen MR) is 150 cm³/mol. The minimum absolute atomic E-state index is 0.0566. The van der Waals surface area contributed by atoms with E-state index in [4.69, 9.17) is 9.47 Å². The van der Waals surface area contributed by atoms with Gasteiger partial charge in [0.15, 0.2) is 11.6 Å². The highest BCUT2D eigenvalue weighted by Gasteiger charge is 2.14. The van der Waals surface area contributed by atoms with Crippen molar-refractivity contribution in [1.82, 2.24) is 20.3 Å². The molecule has 0 radical (unpaired) electrons. The molecule has 0 aliphatic rings. The monoisotopic (exact) mass is 546 g/mol. The molecule has 1 aromatic carbocycles. The van der Waals surface area contributed by atoms with Crippen molar-refractivity contribution in [3.63, 3.8) is 0 Å². The van der Waals surface area contributed by atoms with Gasteiger partial charge in [0.1, 0.15) is 5.75 Å². The maximum atomic E-state index is 14.9. The molecular weight excluding hydrogens is 519 g/mol. The second-order valence-corrected chi connectivity index (χ2v) is 9.59. The molecule has 4 heterocycles. The minimum atomic E-state index is -1.14. The van der Waals surface area contributed by atoms with E-state index in [9.17, 15) is 9.50 Å². The van der Waals surface area contributed by atoms with Gasteiger partial charge in [-0.3, -0.25) is 15.0 Å². The zero-order valence-corrected chi connectivity index (χ0v) is 21.9. The van der Waals surface area contributed by atoms with Gasteiger partial charge in [0.05, 0.1) is 39.3 Å². The lowest BCUT2D eigenvalue weighted by Gasteiger charge is -2.17. The van der Waals surface area contributed by atoms with Crippen molar-refractivity contribution in [3.8, 4) is 22.1 Å². The van der Waals surface area contributed by atoms with Crippen LogP contribution < -0.4 is 20.7 Å². The Morgan fingerprint density at radius 2 is 1.87 bits per heavy atom. The van der Waals surface area contributed by atoms with Gasteiger partial charge in [0.25, 0.3) is 0 Å². The van der Waals surface area contributed by atoms with Crippen LogP contribution in [0.5, 0.6) is 11.5 Å². The Morgan fingerprint density at radius 3 is 2.64 bits per heavy atom. The van der Waals surface area contributed by atoms with E-state index in [2.05, 4.69) is 30.9 Å². The predicted octanol–water partition coefficient (Wildman–Crippen LogP) is 5.22. The van der Waals surface area contributed by atoms with E-state index in [1.165, 1.54) is 23.5 Å². The molecule has 0 aliphatic carbocycles. The van der Waals surface area contributed by atoms with Crippen molar-refractivity contribution in [2.45, 2.75) is 12.9 Å². The van der Waals surface area contributed by atoms with Crippen molar-refractivity contribution in [2.24, 2.45) is 0 Å². The molecule has 39 heavy (non-hydrogen) atoms. The quantitative estimate of drug-likeness (QED) is 0.124. The normalized spacial score (nSPS) is 11.9. The fourth-order valence-electron chi connectivity index (χ4n) is 3.79. The Balaban J connectivity index is 1.27. The summed E-state index contributed by atoms with van der Waals surface area (Å²) in [5.41, 5.74) is 3.64. The number of aromatic nitrogens is 3. The highest BCUT2D eigenvalue weighted by atomic mass is 32.1. The molecule has 0 aliphatic heterocycles. The molecule has 0 saturated carbocycles. The van der Waals surface area contributed by atoms with Crippen LogP contribution in [0.15, 0.2) is 79.4 Å². The second-order valence-electron chi connectivity index (χ2n) is 8.54. The van der Waals surface area contributed by atoms with Crippen molar-refractivity contribution >= 4 is 32.9 Å². The third-order valence-electron chi connectivity index (χ3n) is 5.69. The number of hydrogen-bond donors (Lipinski definition) is 4. The van der Waals surface area contributed by atoms with Crippen LogP contribution in [0.4, 0.5) is 15.8 Å². The number of anilines is 2. The van der Waals surface area contributed by atoms with Gasteiger partial charge in [-0.1, -0.05) is 6.07 Å². The second kappa shape index (κ2) is 12.6. The van der Waals surface area contributed by atoms with E-state index in [1.54, 1.807) is 50.0 Å². The number of rotatable bonds is 12. The standard InChI is InChI=1S/C28H27FN6O3S/c1-37-12-11-31-15-18-4-6-22(33-16-18)26-14-23-27(39-26)25(8-10-32-23)38-24-7-5-19(13-21(24)29)34-28(36)35-20-3-2-9-30-17-20/h2-10,13-14,16-17,28,31,34-36H,11-12,15H2,1H3. The fourth-order valence-corrected chi connectivity index (χ4v) is 4.84. The molecule has 0 fully saturated rings. The average Bonchev–Trinajstić information content (AvgIpc) is 3.39. The van der Waals surface area contributed by atoms with E-state index < -0.39 is 12.2 Å². The first kappa shape index (κ1) is 26.4. The number of aliphatic hydroxyl groups is 1. The zero-order valence-electron chi connectivity index (χ0n) is 21.1. The molecule has 5 rings (SSSR count). The van der Waals surface area contributed by atoms with Crippen LogP contribution >= 0.6 is 11.3 Å². The molecule has 1 atom stereocenters. The Hall–Kier alpha value is -4.16. The maximum absolute atomic E-state index is 14.9. The number of hydrogen-bond acceptors (Lipinski definition) is 10. The third kappa shape index (κ3) is 6.84. The summed E-state index contributed by atoms with van der Waals surface area (Å²) in [6, 6.07) is 15.6.